The van der Waals surface area contributed by atoms with E-state index in [9.17, 15) is 18.4 Å². The van der Waals surface area contributed by atoms with E-state index in [0.29, 0.717) is 44.2 Å². The van der Waals surface area contributed by atoms with Crippen LogP contribution in [0, 0.1) is 18.6 Å². The highest BCUT2D eigenvalue weighted by molar-refractivity contribution is 5.96. The summed E-state index contributed by atoms with van der Waals surface area (Å²) in [5.74, 6) is -2.13. The first-order valence-electron chi connectivity index (χ1n) is 8.56. The number of rotatable bonds is 2. The van der Waals surface area contributed by atoms with Crippen molar-refractivity contribution < 1.29 is 18.4 Å². The van der Waals surface area contributed by atoms with Gasteiger partial charge in [-0.25, -0.2) is 8.78 Å². The predicted octanol–water partition coefficient (Wildman–Crippen LogP) is 3.26. The smallest absolute Gasteiger partial charge is 0.256 e. The van der Waals surface area contributed by atoms with Crippen LogP contribution < -0.4 is 0 Å². The number of benzene rings is 2. The van der Waals surface area contributed by atoms with Crippen molar-refractivity contribution in [2.24, 2.45) is 0 Å². The minimum absolute atomic E-state index is 0.0645. The SMILES string of the molecule is Cc1ccccc1C(=O)N1CCCN(C(=O)c2ccc(F)cc2F)CC1. The van der Waals surface area contributed by atoms with Crippen molar-refractivity contribution in [3.63, 3.8) is 0 Å². The zero-order chi connectivity index (χ0) is 18.7. The number of amides is 2. The van der Waals surface area contributed by atoms with Crippen LogP contribution in [0.5, 0.6) is 0 Å². The fourth-order valence-corrected chi connectivity index (χ4v) is 3.14. The molecular formula is C20H20F2N2O2. The first-order chi connectivity index (χ1) is 12.5. The number of hydrogen-bond acceptors (Lipinski definition) is 2. The third kappa shape index (κ3) is 3.74. The molecule has 6 heteroatoms. The van der Waals surface area contributed by atoms with Crippen LogP contribution in [0.2, 0.25) is 0 Å². The number of halogens is 2. The molecule has 1 aliphatic rings. The Hall–Kier alpha value is -2.76. The second-order valence-corrected chi connectivity index (χ2v) is 6.38. The molecule has 3 rings (SSSR count). The topological polar surface area (TPSA) is 40.6 Å². The van der Waals surface area contributed by atoms with Crippen LogP contribution in [0.15, 0.2) is 42.5 Å². The summed E-state index contributed by atoms with van der Waals surface area (Å²) in [6.07, 6.45) is 0.603. The predicted molar refractivity (Wildman–Crippen MR) is 94.0 cm³/mol. The van der Waals surface area contributed by atoms with Gasteiger partial charge in [0.05, 0.1) is 5.56 Å². The van der Waals surface area contributed by atoms with E-state index in [1.807, 2.05) is 25.1 Å². The Bertz CT molecular complexity index is 838. The highest BCUT2D eigenvalue weighted by Gasteiger charge is 2.25. The Morgan fingerprint density at radius 3 is 2.08 bits per heavy atom. The first-order valence-corrected chi connectivity index (χ1v) is 8.56. The Labute approximate surface area is 151 Å². The molecule has 1 saturated heterocycles. The van der Waals surface area contributed by atoms with Crippen LogP contribution in [0.4, 0.5) is 8.78 Å². The molecule has 2 aromatic rings. The van der Waals surface area contributed by atoms with Gasteiger partial charge in [-0.1, -0.05) is 18.2 Å². The van der Waals surface area contributed by atoms with Crippen molar-refractivity contribution >= 4 is 11.8 Å². The number of carbonyl (C=O) groups is 2. The van der Waals surface area contributed by atoms with Crippen molar-refractivity contribution in [3.05, 3.63) is 70.8 Å². The zero-order valence-corrected chi connectivity index (χ0v) is 14.5. The maximum Gasteiger partial charge on any atom is 0.256 e. The van der Waals surface area contributed by atoms with Gasteiger partial charge >= 0.3 is 0 Å². The van der Waals surface area contributed by atoms with Crippen molar-refractivity contribution in [2.45, 2.75) is 13.3 Å². The first kappa shape index (κ1) is 18.0. The lowest BCUT2D eigenvalue weighted by molar-refractivity contribution is 0.0715. The van der Waals surface area contributed by atoms with Gasteiger partial charge in [0.1, 0.15) is 11.6 Å². The van der Waals surface area contributed by atoms with Crippen LogP contribution >= 0.6 is 0 Å². The lowest BCUT2D eigenvalue weighted by atomic mass is 10.1. The highest BCUT2D eigenvalue weighted by Crippen LogP contribution is 2.16. The molecule has 2 aromatic carbocycles. The second kappa shape index (κ2) is 7.64. The number of nitrogens with zero attached hydrogens (tertiary/aromatic N) is 2. The van der Waals surface area contributed by atoms with E-state index in [1.165, 1.54) is 4.90 Å². The Morgan fingerprint density at radius 1 is 0.846 bits per heavy atom. The number of aryl methyl sites for hydroxylation is 1. The van der Waals surface area contributed by atoms with Crippen molar-refractivity contribution in [3.8, 4) is 0 Å². The molecule has 0 radical (unpaired) electrons. The molecule has 1 aliphatic heterocycles. The van der Waals surface area contributed by atoms with Crippen molar-refractivity contribution in [2.75, 3.05) is 26.2 Å². The molecule has 26 heavy (non-hydrogen) atoms. The summed E-state index contributed by atoms with van der Waals surface area (Å²) < 4.78 is 26.9. The summed E-state index contributed by atoms with van der Waals surface area (Å²) in [7, 11) is 0. The van der Waals surface area contributed by atoms with E-state index in [4.69, 9.17) is 0 Å². The maximum atomic E-state index is 13.9. The molecule has 0 N–H and O–H groups in total. The molecule has 0 spiro atoms. The average molecular weight is 358 g/mol. The van der Waals surface area contributed by atoms with Gasteiger partial charge in [-0.15, -0.1) is 0 Å². The van der Waals surface area contributed by atoms with E-state index in [0.717, 1.165) is 17.7 Å². The molecular weight excluding hydrogens is 338 g/mol. The van der Waals surface area contributed by atoms with E-state index in [-0.39, 0.29) is 11.5 Å². The normalized spacial score (nSPS) is 14.9. The maximum absolute atomic E-state index is 13.9. The van der Waals surface area contributed by atoms with Gasteiger partial charge in [0, 0.05) is 37.8 Å². The lowest BCUT2D eigenvalue weighted by Gasteiger charge is -2.23. The number of hydrogen-bond donors (Lipinski definition) is 0. The van der Waals surface area contributed by atoms with E-state index in [2.05, 4.69) is 0 Å². The highest BCUT2D eigenvalue weighted by atomic mass is 19.1. The van der Waals surface area contributed by atoms with Gasteiger partial charge in [0.15, 0.2) is 0 Å². The molecule has 1 fully saturated rings. The molecule has 0 bridgehead atoms. The third-order valence-electron chi connectivity index (χ3n) is 4.61. The van der Waals surface area contributed by atoms with E-state index >= 15 is 0 Å². The number of carbonyl (C=O) groups excluding carboxylic acids is 2. The third-order valence-corrected chi connectivity index (χ3v) is 4.61. The molecule has 2 amide bonds. The zero-order valence-electron chi connectivity index (χ0n) is 14.5. The molecule has 0 saturated carbocycles. The average Bonchev–Trinajstić information content (AvgIpc) is 2.87. The minimum atomic E-state index is -0.868. The monoisotopic (exact) mass is 358 g/mol. The fraction of sp³-hybridized carbons (Fsp3) is 0.300. The van der Waals surface area contributed by atoms with Crippen LogP contribution in [-0.2, 0) is 0 Å². The second-order valence-electron chi connectivity index (χ2n) is 6.38. The Kier molecular flexibility index (Phi) is 5.30. The van der Waals surface area contributed by atoms with Gasteiger partial charge in [-0.3, -0.25) is 9.59 Å². The summed E-state index contributed by atoms with van der Waals surface area (Å²) >= 11 is 0. The van der Waals surface area contributed by atoms with E-state index in [1.54, 1.807) is 11.0 Å². The molecule has 0 aromatic heterocycles. The Morgan fingerprint density at radius 2 is 1.46 bits per heavy atom. The largest absolute Gasteiger partial charge is 0.337 e. The molecule has 136 valence electrons. The Balaban J connectivity index is 1.71. The van der Waals surface area contributed by atoms with Gasteiger partial charge in [-0.2, -0.15) is 0 Å². The molecule has 1 heterocycles. The van der Waals surface area contributed by atoms with Crippen LogP contribution in [0.25, 0.3) is 0 Å². The molecule has 0 aliphatic carbocycles. The quantitative estimate of drug-likeness (QED) is 0.827. The fourth-order valence-electron chi connectivity index (χ4n) is 3.14. The molecule has 0 atom stereocenters. The minimum Gasteiger partial charge on any atom is -0.337 e. The van der Waals surface area contributed by atoms with Gasteiger partial charge in [0.25, 0.3) is 11.8 Å². The summed E-state index contributed by atoms with van der Waals surface area (Å²) in [4.78, 5) is 28.5. The van der Waals surface area contributed by atoms with Crippen molar-refractivity contribution in [1.82, 2.24) is 9.80 Å². The summed E-state index contributed by atoms with van der Waals surface area (Å²) in [5, 5.41) is 0. The summed E-state index contributed by atoms with van der Waals surface area (Å²) in [6, 6.07) is 10.3. The van der Waals surface area contributed by atoms with Crippen molar-refractivity contribution in [1.29, 1.82) is 0 Å². The standard InChI is InChI=1S/C20H20F2N2O2/c1-14-5-2-3-6-16(14)19(25)23-9-4-10-24(12-11-23)20(26)17-8-7-15(21)13-18(17)22/h2-3,5-8,13H,4,9-12H2,1H3. The van der Waals surface area contributed by atoms with Crippen LogP contribution in [0.3, 0.4) is 0 Å². The lowest BCUT2D eigenvalue weighted by Crippen LogP contribution is -2.37. The van der Waals surface area contributed by atoms with Gasteiger partial charge in [-0.05, 0) is 37.1 Å². The summed E-state index contributed by atoms with van der Waals surface area (Å²) in [5.41, 5.74) is 1.41. The van der Waals surface area contributed by atoms with Gasteiger partial charge in [0.2, 0.25) is 0 Å². The van der Waals surface area contributed by atoms with Crippen LogP contribution in [-0.4, -0.2) is 47.8 Å². The van der Waals surface area contributed by atoms with Gasteiger partial charge < -0.3 is 9.80 Å². The molecule has 4 nitrogen and oxygen atoms in total. The summed E-state index contributed by atoms with van der Waals surface area (Å²) in [6.45, 7) is 3.53. The van der Waals surface area contributed by atoms with Crippen LogP contribution in [0.1, 0.15) is 32.7 Å². The van der Waals surface area contributed by atoms with E-state index < -0.39 is 17.5 Å². The molecule has 0 unspecified atom stereocenters.